The van der Waals surface area contributed by atoms with Gasteiger partial charge in [0.1, 0.15) is 31.8 Å². The van der Waals surface area contributed by atoms with Crippen molar-refractivity contribution in [3.63, 3.8) is 0 Å². The molecule has 0 radical (unpaired) electrons. The fourth-order valence-corrected chi connectivity index (χ4v) is 10.9. The van der Waals surface area contributed by atoms with Crippen molar-refractivity contribution >= 4 is 68.1 Å². The molecule has 0 aliphatic rings. The van der Waals surface area contributed by atoms with E-state index in [1.165, 1.54) is 42.6 Å². The molecule has 8 rings (SSSR count). The van der Waals surface area contributed by atoms with Crippen LogP contribution in [0.4, 0.5) is 0 Å². The number of hydrogen-bond acceptors (Lipinski definition) is 0. The molecule has 0 nitrogen and oxygen atoms in total. The van der Waals surface area contributed by atoms with E-state index < -0.39 is 15.8 Å². The Bertz CT molecular complexity index is 1680. The molecule has 0 unspecified atom stereocenters. The van der Waals surface area contributed by atoms with Crippen LogP contribution in [0.2, 0.25) is 0 Å². The second-order valence-electron chi connectivity index (χ2n) is 11.1. The van der Waals surface area contributed by atoms with Crippen LogP contribution in [0.1, 0.15) is 0 Å². The maximum Gasteiger partial charge on any atom is 0.102 e. The Morgan fingerprint density at radius 2 is 0.551 bits per heavy atom. The first kappa shape index (κ1) is 36.2. The van der Waals surface area contributed by atoms with Gasteiger partial charge in [-0.25, -0.2) is 0 Å². The van der Waals surface area contributed by atoms with Gasteiger partial charge < -0.3 is 0 Å². The zero-order valence-electron chi connectivity index (χ0n) is 27.1. The maximum absolute atomic E-state index is 4.57. The van der Waals surface area contributed by atoms with Crippen LogP contribution in [0.5, 0.6) is 0 Å². The van der Waals surface area contributed by atoms with Gasteiger partial charge in [-0.2, -0.15) is 17.5 Å². The zero-order valence-corrected chi connectivity index (χ0v) is 31.6. The van der Waals surface area contributed by atoms with Crippen LogP contribution in [0.3, 0.4) is 0 Å². The van der Waals surface area contributed by atoms with Crippen LogP contribution in [-0.4, -0.2) is 0 Å². The maximum atomic E-state index is 4.57. The first-order chi connectivity index (χ1) is 24.4. The number of rotatable bonds is 6. The molecule has 0 saturated heterocycles. The van der Waals surface area contributed by atoms with Crippen molar-refractivity contribution in [2.24, 2.45) is 0 Å². The van der Waals surface area contributed by atoms with Gasteiger partial charge in [-0.1, -0.05) is 115 Å². The van der Waals surface area contributed by atoms with E-state index in [1.54, 1.807) is 0 Å². The van der Waals surface area contributed by atoms with Gasteiger partial charge in [0.2, 0.25) is 0 Å². The molecule has 0 amide bonds. The molecule has 49 heavy (non-hydrogen) atoms. The van der Waals surface area contributed by atoms with Crippen molar-refractivity contribution in [2.75, 3.05) is 0 Å². The molecule has 8 aromatic carbocycles. The molecule has 0 aliphatic carbocycles. The van der Waals surface area contributed by atoms with Crippen molar-refractivity contribution in [3.8, 4) is 0 Å². The quantitative estimate of drug-likeness (QED) is 0.0897. The fourth-order valence-electron chi connectivity index (χ4n) is 5.70. The van der Waals surface area contributed by atoms with Gasteiger partial charge in [0.05, 0.1) is 15.8 Å². The van der Waals surface area contributed by atoms with Crippen LogP contribution in [0.25, 0.3) is 10.8 Å². The third-order valence-electron chi connectivity index (χ3n) is 7.92. The summed E-state index contributed by atoms with van der Waals surface area (Å²) in [7, 11) is 2.81. The molecule has 0 bridgehead atoms. The zero-order chi connectivity index (χ0) is 33.9. The largest absolute Gasteiger partial charge is 0.168 e. The van der Waals surface area contributed by atoms with Crippen LogP contribution in [-0.2, 0) is 17.3 Å². The second kappa shape index (κ2) is 20.4. The molecular weight excluding hydrogens is 739 g/mol. The molecule has 0 atom stereocenters. The van der Waals surface area contributed by atoms with E-state index in [0.717, 1.165) is 0 Å². The molecule has 242 valence electrons. The summed E-state index contributed by atoms with van der Waals surface area (Å²) >= 11 is 1.82. The Balaban J connectivity index is 0.000000148. The fraction of sp³-hybridized carbons (Fsp3) is 0. The van der Waals surface area contributed by atoms with Gasteiger partial charge in [0.15, 0.2) is 0 Å². The number of fused-ring (bicyclic) bond motifs is 1. The van der Waals surface area contributed by atoms with E-state index in [2.05, 4.69) is 234 Å². The third kappa shape index (κ3) is 10.7. The summed E-state index contributed by atoms with van der Waals surface area (Å²) in [4.78, 5) is 0. The number of hydrogen-bond donors (Lipinski definition) is 0. The van der Waals surface area contributed by atoms with E-state index in [-0.39, 0.29) is 0 Å². The predicted molar refractivity (Wildman–Crippen MR) is 218 cm³/mol. The normalized spacial score (nSPS) is 10.2. The average Bonchev–Trinajstić information content (AvgIpc) is 3.68. The van der Waals surface area contributed by atoms with Crippen LogP contribution >= 0.6 is 25.5 Å². The van der Waals surface area contributed by atoms with Gasteiger partial charge in [-0.3, -0.25) is 0 Å². The Morgan fingerprint density at radius 1 is 0.306 bits per heavy atom. The van der Waals surface area contributed by atoms with Crippen molar-refractivity contribution in [3.05, 3.63) is 224 Å². The van der Waals surface area contributed by atoms with Crippen LogP contribution in [0.15, 0.2) is 224 Å². The molecule has 0 saturated carbocycles. The summed E-state index contributed by atoms with van der Waals surface area (Å²) in [6.07, 6.45) is 0. The molecule has 0 N–H and O–H groups in total. The van der Waals surface area contributed by atoms with Gasteiger partial charge in [-0.15, -0.1) is 29.7 Å². The minimum Gasteiger partial charge on any atom is -0.168 e. The van der Waals surface area contributed by atoms with E-state index in [0.29, 0.717) is 0 Å². The van der Waals surface area contributed by atoms with Gasteiger partial charge in [-0.05, 0) is 72.8 Å². The summed E-state index contributed by atoms with van der Waals surface area (Å²) < 4.78 is 0. The van der Waals surface area contributed by atoms with Crippen molar-refractivity contribution in [1.82, 2.24) is 0 Å². The number of halogens is 1. The Kier molecular flexibility index (Phi) is 15.1. The minimum atomic E-state index is -0.877. The van der Waals surface area contributed by atoms with E-state index in [4.69, 9.17) is 0 Å². The van der Waals surface area contributed by atoms with Gasteiger partial charge >= 0.3 is 27.0 Å². The smallest absolute Gasteiger partial charge is 0.102 e. The minimum absolute atomic E-state index is 0.877. The summed E-state index contributed by atoms with van der Waals surface area (Å²) in [5, 5.41) is 11.3. The molecule has 4 heteroatoms. The van der Waals surface area contributed by atoms with Crippen LogP contribution < -0.4 is 31.8 Å². The summed E-state index contributed by atoms with van der Waals surface area (Å²) in [5.41, 5.74) is 0. The first-order valence-corrected chi connectivity index (χ1v) is 21.4. The SMILES string of the molecule is [Cl][Ru+].c1ccc([PH+](c2ccccc2)c2ccccc2)cc1.c1ccc([PH+](c2ccccc2)c2ccccc2)cc1.c1ccc2[cH-]ccc2c1. The molecule has 0 aliphatic heterocycles. The standard InChI is InChI=1S/2C18H15P.C9H7.ClH.Ru/c2*1-4-10-16(11-5-1)19(17-12-6-2-7-13-17)18-14-8-3-9-15-18;1-2-5-9-7-3-6-8(9)4-1;;/h2*1-15H;1-7H;1H;/q;;-1;;+2/p+1. The average molecular weight is 778 g/mol. The first-order valence-electron chi connectivity index (χ1n) is 16.2. The van der Waals surface area contributed by atoms with Crippen molar-refractivity contribution in [1.29, 1.82) is 0 Å². The van der Waals surface area contributed by atoms with Gasteiger partial charge in [0.25, 0.3) is 0 Å². The summed E-state index contributed by atoms with van der Waals surface area (Å²) in [5.74, 6) is 0. The number of benzene rings is 7. The van der Waals surface area contributed by atoms with Crippen molar-refractivity contribution in [2.45, 2.75) is 0 Å². The van der Waals surface area contributed by atoms with Gasteiger partial charge in [0, 0.05) is 0 Å². The van der Waals surface area contributed by atoms with E-state index >= 15 is 0 Å². The summed E-state index contributed by atoms with van der Waals surface area (Å²) in [6.45, 7) is 0. The second-order valence-corrected chi connectivity index (χ2v) is 16.1. The van der Waals surface area contributed by atoms with Crippen LogP contribution in [0, 0.1) is 0 Å². The summed E-state index contributed by atoms with van der Waals surface area (Å²) in [6, 6.07) is 79.7. The predicted octanol–water partition coefficient (Wildman–Crippen LogP) is 9.60. The topological polar surface area (TPSA) is 0 Å². The Hall–Kier alpha value is -4.08. The monoisotopic (exact) mass is 778 g/mol. The van der Waals surface area contributed by atoms with E-state index in [1.807, 2.05) is 17.3 Å². The Labute approximate surface area is 308 Å². The molecule has 0 spiro atoms. The molecule has 0 heterocycles. The molecule has 0 aromatic heterocycles. The van der Waals surface area contributed by atoms with E-state index in [9.17, 15) is 0 Å². The molecular formula is C45H39ClP2Ru+2. The molecule has 0 fully saturated rings. The van der Waals surface area contributed by atoms with Crippen molar-refractivity contribution < 1.29 is 17.3 Å². The third-order valence-corrected chi connectivity index (χ3v) is 13.4. The Morgan fingerprint density at radius 3 is 0.816 bits per heavy atom. The molecule has 8 aromatic rings.